The van der Waals surface area contributed by atoms with Gasteiger partial charge < -0.3 is 19.4 Å². The minimum Gasteiger partial charge on any atom is -0.465 e. The van der Waals surface area contributed by atoms with Gasteiger partial charge in [0, 0.05) is 11.3 Å². The number of likely N-dealkylation sites (N-methyl/N-ethyl adjacent to an activating group) is 1. The predicted octanol–water partition coefficient (Wildman–Crippen LogP) is 1.92. The van der Waals surface area contributed by atoms with Gasteiger partial charge in [-0.1, -0.05) is 0 Å². The molecule has 1 unspecified atom stereocenters. The second kappa shape index (κ2) is 8.77. The third kappa shape index (κ3) is 5.13. The lowest BCUT2D eigenvalue weighted by Gasteiger charge is -2.13. The molecule has 1 aromatic heterocycles. The summed E-state index contributed by atoms with van der Waals surface area (Å²) < 4.78 is 33.4. The maximum atomic E-state index is 12.6. The van der Waals surface area contributed by atoms with E-state index in [2.05, 4.69) is 9.72 Å². The summed E-state index contributed by atoms with van der Waals surface area (Å²) in [5, 5.41) is 0. The predicted molar refractivity (Wildman–Crippen MR) is 94.5 cm³/mol. The molecule has 0 bridgehead atoms. The van der Waals surface area contributed by atoms with Crippen LogP contribution >= 0.6 is 0 Å². The van der Waals surface area contributed by atoms with E-state index in [9.17, 15) is 18.4 Å². The van der Waals surface area contributed by atoms with Crippen LogP contribution in [0.4, 0.5) is 8.78 Å². The molecule has 0 saturated carbocycles. The largest absolute Gasteiger partial charge is 0.465 e. The fraction of sp³-hybridized carbons (Fsp3) is 0.368. The van der Waals surface area contributed by atoms with Crippen molar-refractivity contribution in [3.05, 3.63) is 52.3 Å². The molecule has 0 saturated heterocycles. The number of aryl methyl sites for hydroxylation is 1. The fourth-order valence-electron chi connectivity index (χ4n) is 3.00. The number of hydrogen-bond donors (Lipinski definition) is 2. The van der Waals surface area contributed by atoms with E-state index in [1.165, 1.54) is 19.2 Å². The van der Waals surface area contributed by atoms with Crippen molar-refractivity contribution >= 4 is 11.8 Å². The summed E-state index contributed by atoms with van der Waals surface area (Å²) in [6.07, 6.45) is 0. The zero-order valence-electron chi connectivity index (χ0n) is 15.7. The summed E-state index contributed by atoms with van der Waals surface area (Å²) in [4.78, 5) is 28.3. The molecular formula is C19H23F2N2O4+. The topological polar surface area (TPSA) is 72.8 Å². The molecule has 1 atom stereocenters. The van der Waals surface area contributed by atoms with E-state index in [1.807, 2.05) is 7.05 Å². The molecule has 27 heavy (non-hydrogen) atoms. The second-order valence-electron chi connectivity index (χ2n) is 6.37. The van der Waals surface area contributed by atoms with Gasteiger partial charge in [-0.15, -0.1) is 0 Å². The average Bonchev–Trinajstić information content (AvgIpc) is 2.90. The normalized spacial score (nSPS) is 12.1. The van der Waals surface area contributed by atoms with E-state index in [0.717, 1.165) is 10.5 Å². The number of methoxy groups -OCH3 is 1. The number of esters is 1. The molecule has 0 aliphatic heterocycles. The first-order valence-electron chi connectivity index (χ1n) is 8.38. The highest BCUT2D eigenvalue weighted by Crippen LogP contribution is 2.19. The first-order valence-corrected chi connectivity index (χ1v) is 8.38. The molecule has 0 aliphatic rings. The van der Waals surface area contributed by atoms with Crippen LogP contribution in [0.1, 0.15) is 37.7 Å². The number of rotatable bonds is 8. The number of Topliss-reactive ketones (excluding diaryl/α,β-unsaturated/α-hetero) is 1. The Kier molecular flexibility index (Phi) is 6.68. The molecule has 0 spiro atoms. The Morgan fingerprint density at radius 1 is 1.19 bits per heavy atom. The van der Waals surface area contributed by atoms with Gasteiger partial charge in [0.2, 0.25) is 5.78 Å². The van der Waals surface area contributed by atoms with Crippen molar-refractivity contribution in [3.8, 4) is 5.75 Å². The van der Waals surface area contributed by atoms with Crippen LogP contribution in [0.5, 0.6) is 5.75 Å². The number of ether oxygens (including phenoxy) is 2. The highest BCUT2D eigenvalue weighted by molar-refractivity contribution is 6.01. The molecule has 0 fully saturated rings. The number of halogens is 2. The minimum atomic E-state index is -2.86. The Morgan fingerprint density at radius 2 is 1.81 bits per heavy atom. The van der Waals surface area contributed by atoms with Crippen LogP contribution < -0.4 is 9.64 Å². The van der Waals surface area contributed by atoms with Gasteiger partial charge in [0.15, 0.2) is 0 Å². The number of ketones is 1. The van der Waals surface area contributed by atoms with Crippen LogP contribution in [0.15, 0.2) is 24.3 Å². The van der Waals surface area contributed by atoms with Crippen LogP contribution in [-0.2, 0) is 11.3 Å². The lowest BCUT2D eigenvalue weighted by atomic mass is 10.1. The van der Waals surface area contributed by atoms with E-state index in [1.54, 1.807) is 26.0 Å². The zero-order valence-corrected chi connectivity index (χ0v) is 15.7. The van der Waals surface area contributed by atoms with Gasteiger partial charge in [-0.2, -0.15) is 8.78 Å². The zero-order chi connectivity index (χ0) is 20.1. The summed E-state index contributed by atoms with van der Waals surface area (Å²) in [5.74, 6) is -0.511. The molecule has 8 heteroatoms. The minimum absolute atomic E-state index is 0.0929. The standard InChI is InChI=1S/C19H22F2N2O4/c1-11-16(18(25)26-4)12(2)22-17(11)15(24)10-23(3)9-13-5-7-14(8-6-13)27-19(20)21/h5-8,19,22H,9-10H2,1-4H3/p+1. The number of quaternary nitrogens is 1. The van der Waals surface area contributed by atoms with E-state index in [0.29, 0.717) is 29.1 Å². The smallest absolute Gasteiger partial charge is 0.387 e. The number of benzene rings is 1. The fourth-order valence-corrected chi connectivity index (χ4v) is 3.00. The van der Waals surface area contributed by atoms with Gasteiger partial charge in [0.25, 0.3) is 0 Å². The van der Waals surface area contributed by atoms with Gasteiger partial charge in [-0.3, -0.25) is 4.79 Å². The van der Waals surface area contributed by atoms with Crippen LogP contribution in [0, 0.1) is 13.8 Å². The summed E-state index contributed by atoms with van der Waals surface area (Å²) in [6.45, 7) is 1.31. The molecule has 0 radical (unpaired) electrons. The van der Waals surface area contributed by atoms with Crippen molar-refractivity contribution in [1.29, 1.82) is 0 Å². The monoisotopic (exact) mass is 381 g/mol. The SMILES string of the molecule is COC(=O)c1c(C)[nH]c(C(=O)C[NH+](C)Cc2ccc(OC(F)F)cc2)c1C. The van der Waals surface area contributed by atoms with Gasteiger partial charge in [0.05, 0.1) is 25.4 Å². The highest BCUT2D eigenvalue weighted by Gasteiger charge is 2.24. The third-order valence-corrected chi connectivity index (χ3v) is 4.22. The van der Waals surface area contributed by atoms with E-state index in [4.69, 9.17) is 4.74 Å². The number of aromatic amines is 1. The molecule has 2 N–H and O–H groups in total. The number of carbonyl (C=O) groups is 2. The van der Waals surface area contributed by atoms with Crippen molar-refractivity contribution in [2.75, 3.05) is 20.7 Å². The summed E-state index contributed by atoms with van der Waals surface area (Å²) in [6, 6.07) is 6.31. The van der Waals surface area contributed by atoms with Crippen LogP contribution in [0.3, 0.4) is 0 Å². The molecule has 2 aromatic rings. The first kappa shape index (κ1) is 20.6. The van der Waals surface area contributed by atoms with E-state index in [-0.39, 0.29) is 18.1 Å². The summed E-state index contributed by atoms with van der Waals surface area (Å²) in [7, 11) is 3.15. The number of carbonyl (C=O) groups excluding carboxylic acids is 2. The number of aromatic nitrogens is 1. The average molecular weight is 381 g/mol. The Bertz CT molecular complexity index is 816. The third-order valence-electron chi connectivity index (χ3n) is 4.22. The Balaban J connectivity index is 2.02. The number of hydrogen-bond acceptors (Lipinski definition) is 4. The Labute approximate surface area is 156 Å². The van der Waals surface area contributed by atoms with Crippen molar-refractivity contribution in [2.45, 2.75) is 27.0 Å². The quantitative estimate of drug-likeness (QED) is 0.541. The highest BCUT2D eigenvalue weighted by atomic mass is 19.3. The molecule has 146 valence electrons. The van der Waals surface area contributed by atoms with E-state index >= 15 is 0 Å². The lowest BCUT2D eigenvalue weighted by molar-refractivity contribution is -0.884. The molecule has 0 aliphatic carbocycles. The molecule has 2 rings (SSSR count). The van der Waals surface area contributed by atoms with Crippen molar-refractivity contribution in [1.82, 2.24) is 4.98 Å². The molecular weight excluding hydrogens is 358 g/mol. The van der Waals surface area contributed by atoms with Crippen LogP contribution in [0.2, 0.25) is 0 Å². The number of H-pyrrole nitrogens is 1. The van der Waals surface area contributed by atoms with Crippen LogP contribution in [-0.4, -0.2) is 44.1 Å². The Hall–Kier alpha value is -2.74. The van der Waals surface area contributed by atoms with Crippen molar-refractivity contribution in [3.63, 3.8) is 0 Å². The molecule has 0 amide bonds. The van der Waals surface area contributed by atoms with E-state index < -0.39 is 12.6 Å². The second-order valence-corrected chi connectivity index (χ2v) is 6.37. The maximum Gasteiger partial charge on any atom is 0.387 e. The van der Waals surface area contributed by atoms with Crippen molar-refractivity contribution in [2.24, 2.45) is 0 Å². The van der Waals surface area contributed by atoms with Gasteiger partial charge >= 0.3 is 12.6 Å². The number of alkyl halides is 2. The van der Waals surface area contributed by atoms with Gasteiger partial charge in [-0.25, -0.2) is 4.79 Å². The van der Waals surface area contributed by atoms with Gasteiger partial charge in [0.1, 0.15) is 18.8 Å². The Morgan fingerprint density at radius 3 is 2.37 bits per heavy atom. The first-order chi connectivity index (χ1) is 12.7. The molecule has 1 aromatic carbocycles. The molecule has 6 nitrogen and oxygen atoms in total. The van der Waals surface area contributed by atoms with Gasteiger partial charge in [-0.05, 0) is 43.7 Å². The van der Waals surface area contributed by atoms with Crippen LogP contribution in [0.25, 0.3) is 0 Å². The van der Waals surface area contributed by atoms with Crippen molar-refractivity contribution < 1.29 is 32.7 Å². The summed E-state index contributed by atoms with van der Waals surface area (Å²) in [5.41, 5.74) is 2.83. The summed E-state index contributed by atoms with van der Waals surface area (Å²) >= 11 is 0. The lowest BCUT2D eigenvalue weighted by Crippen LogP contribution is -3.08. The number of nitrogens with one attached hydrogen (secondary N) is 2. The maximum absolute atomic E-state index is 12.6. The molecule has 1 heterocycles.